The number of nitrogens with zero attached hydrogens (tertiary/aromatic N) is 1. The fourth-order valence-electron chi connectivity index (χ4n) is 2.52. The average molecular weight is 337 g/mol. The zero-order chi connectivity index (χ0) is 18.3. The predicted octanol–water partition coefficient (Wildman–Crippen LogP) is 5.53. The normalized spacial score (nSPS) is 11.9. The van der Waals surface area contributed by atoms with E-state index < -0.39 is 5.60 Å². The molecule has 3 nitrogen and oxygen atoms in total. The molecule has 0 atom stereocenters. The van der Waals surface area contributed by atoms with Gasteiger partial charge in [0.2, 0.25) is 0 Å². The molecule has 25 heavy (non-hydrogen) atoms. The molecule has 0 fully saturated rings. The topological polar surface area (TPSA) is 29.5 Å². The Morgan fingerprint density at radius 2 is 1.56 bits per heavy atom. The fourth-order valence-corrected chi connectivity index (χ4v) is 2.52. The molecule has 0 saturated carbocycles. The number of carbonyl (C=O) groups is 1. The van der Waals surface area contributed by atoms with E-state index in [4.69, 9.17) is 4.74 Å². The van der Waals surface area contributed by atoms with Gasteiger partial charge in [-0.1, -0.05) is 66.7 Å². The lowest BCUT2D eigenvalue weighted by Crippen LogP contribution is -2.37. The van der Waals surface area contributed by atoms with Gasteiger partial charge in [0.15, 0.2) is 0 Å². The minimum absolute atomic E-state index is 0.299. The molecule has 132 valence electrons. The Morgan fingerprint density at radius 3 is 2.08 bits per heavy atom. The maximum atomic E-state index is 12.7. The smallest absolute Gasteiger partial charge is 0.410 e. The molecular formula is C22H27NO2. The van der Waals surface area contributed by atoms with Gasteiger partial charge in [0.05, 0.1) is 0 Å². The van der Waals surface area contributed by atoms with Crippen molar-refractivity contribution in [2.45, 2.75) is 39.8 Å². The van der Waals surface area contributed by atoms with Gasteiger partial charge >= 0.3 is 6.09 Å². The Bertz CT molecular complexity index is 700. The van der Waals surface area contributed by atoms with Gasteiger partial charge in [-0.2, -0.15) is 0 Å². The van der Waals surface area contributed by atoms with Crippen LogP contribution in [0.3, 0.4) is 0 Å². The van der Waals surface area contributed by atoms with E-state index in [0.29, 0.717) is 13.1 Å². The lowest BCUT2D eigenvalue weighted by Gasteiger charge is -2.28. The highest BCUT2D eigenvalue weighted by Crippen LogP contribution is 2.19. The number of hydrogen-bond acceptors (Lipinski definition) is 2. The third-order valence-electron chi connectivity index (χ3n) is 3.72. The minimum atomic E-state index is -0.519. The van der Waals surface area contributed by atoms with Crippen LogP contribution in [0.2, 0.25) is 0 Å². The Hall–Kier alpha value is -2.55. The van der Waals surface area contributed by atoms with Crippen molar-refractivity contribution in [2.24, 2.45) is 0 Å². The van der Waals surface area contributed by atoms with E-state index in [1.807, 2.05) is 76.2 Å². The van der Waals surface area contributed by atoms with Gasteiger partial charge in [0, 0.05) is 13.1 Å². The van der Waals surface area contributed by atoms with Crippen LogP contribution in [0.1, 0.15) is 38.8 Å². The third-order valence-corrected chi connectivity index (χ3v) is 3.72. The van der Waals surface area contributed by atoms with Crippen molar-refractivity contribution >= 4 is 11.7 Å². The Kier molecular flexibility index (Phi) is 6.40. The van der Waals surface area contributed by atoms with E-state index >= 15 is 0 Å². The summed E-state index contributed by atoms with van der Waals surface area (Å²) in [6.07, 6.45) is 1.75. The van der Waals surface area contributed by atoms with Gasteiger partial charge in [-0.25, -0.2) is 4.79 Å². The van der Waals surface area contributed by atoms with Gasteiger partial charge in [-0.15, -0.1) is 0 Å². The highest BCUT2D eigenvalue weighted by atomic mass is 16.6. The zero-order valence-electron chi connectivity index (χ0n) is 15.5. The quantitative estimate of drug-likeness (QED) is 0.718. The first-order valence-corrected chi connectivity index (χ1v) is 8.61. The second-order valence-corrected chi connectivity index (χ2v) is 7.00. The van der Waals surface area contributed by atoms with E-state index in [0.717, 1.165) is 16.7 Å². The lowest BCUT2D eigenvalue weighted by molar-refractivity contribution is 0.0260. The molecule has 0 heterocycles. The molecule has 0 aliphatic carbocycles. The number of ether oxygens (including phenoxy) is 1. The summed E-state index contributed by atoms with van der Waals surface area (Å²) in [5, 5.41) is 0. The summed E-state index contributed by atoms with van der Waals surface area (Å²) in [5.41, 5.74) is 2.78. The highest BCUT2D eigenvalue weighted by Gasteiger charge is 2.23. The minimum Gasteiger partial charge on any atom is -0.444 e. The molecule has 0 radical (unpaired) electrons. The highest BCUT2D eigenvalue weighted by molar-refractivity contribution is 5.74. The Morgan fingerprint density at radius 1 is 1.00 bits per heavy atom. The van der Waals surface area contributed by atoms with Crippen molar-refractivity contribution in [1.82, 2.24) is 4.90 Å². The predicted molar refractivity (Wildman–Crippen MR) is 103 cm³/mol. The van der Waals surface area contributed by atoms with Crippen LogP contribution in [0, 0.1) is 0 Å². The van der Waals surface area contributed by atoms with E-state index in [9.17, 15) is 4.79 Å². The molecule has 0 aliphatic heterocycles. The fraction of sp³-hybridized carbons (Fsp3) is 0.318. The summed E-state index contributed by atoms with van der Waals surface area (Å²) in [7, 11) is 0. The van der Waals surface area contributed by atoms with Gasteiger partial charge in [0.1, 0.15) is 5.60 Å². The molecule has 0 unspecified atom stereocenters. The maximum Gasteiger partial charge on any atom is 0.410 e. The summed E-state index contributed by atoms with van der Waals surface area (Å²) in [6, 6.07) is 20.1. The van der Waals surface area contributed by atoms with E-state index in [1.165, 1.54) is 0 Å². The SMILES string of the molecule is C/C=C(/CN(Cc1ccccc1)C(=O)OC(C)(C)C)c1ccccc1. The van der Waals surface area contributed by atoms with Gasteiger partial charge in [0.25, 0.3) is 0 Å². The molecule has 2 aromatic rings. The monoisotopic (exact) mass is 337 g/mol. The molecule has 3 heteroatoms. The molecule has 0 bridgehead atoms. The van der Waals surface area contributed by atoms with Crippen molar-refractivity contribution in [3.05, 3.63) is 77.9 Å². The molecule has 0 spiro atoms. The summed E-state index contributed by atoms with van der Waals surface area (Å²) < 4.78 is 5.61. The van der Waals surface area contributed by atoms with Crippen LogP contribution in [0.25, 0.3) is 5.57 Å². The number of benzene rings is 2. The molecule has 0 N–H and O–H groups in total. The molecule has 2 rings (SSSR count). The number of rotatable bonds is 5. The lowest BCUT2D eigenvalue weighted by atomic mass is 10.1. The van der Waals surface area contributed by atoms with Crippen LogP contribution in [0.4, 0.5) is 4.79 Å². The summed E-state index contributed by atoms with van der Waals surface area (Å²) in [5.74, 6) is 0. The third kappa shape index (κ3) is 6.11. The molecule has 1 amide bonds. The second kappa shape index (κ2) is 8.52. The molecule has 2 aromatic carbocycles. The maximum absolute atomic E-state index is 12.7. The first-order chi connectivity index (χ1) is 11.9. The van der Waals surface area contributed by atoms with Crippen molar-refractivity contribution < 1.29 is 9.53 Å². The van der Waals surface area contributed by atoms with Crippen LogP contribution in [0.15, 0.2) is 66.7 Å². The number of amides is 1. The number of allylic oxidation sites excluding steroid dienone is 1. The summed E-state index contributed by atoms with van der Waals surface area (Å²) in [4.78, 5) is 14.5. The van der Waals surface area contributed by atoms with Crippen LogP contribution >= 0.6 is 0 Å². The van der Waals surface area contributed by atoms with Crippen molar-refractivity contribution in [1.29, 1.82) is 0 Å². The first-order valence-electron chi connectivity index (χ1n) is 8.61. The standard InChI is InChI=1S/C22H27NO2/c1-5-19(20-14-10-7-11-15-20)17-23(21(24)25-22(2,3)4)16-18-12-8-6-9-13-18/h5-15H,16-17H2,1-4H3/b19-5-. The zero-order valence-corrected chi connectivity index (χ0v) is 15.5. The Balaban J connectivity index is 2.22. The first kappa shape index (κ1) is 18.8. The second-order valence-electron chi connectivity index (χ2n) is 7.00. The van der Waals surface area contributed by atoms with Crippen molar-refractivity contribution in [2.75, 3.05) is 6.54 Å². The van der Waals surface area contributed by atoms with E-state index in [1.54, 1.807) is 4.90 Å². The van der Waals surface area contributed by atoms with Crippen molar-refractivity contribution in [3.63, 3.8) is 0 Å². The molecule has 0 saturated heterocycles. The van der Waals surface area contributed by atoms with Gasteiger partial charge < -0.3 is 4.74 Å². The van der Waals surface area contributed by atoms with Crippen LogP contribution in [-0.2, 0) is 11.3 Å². The van der Waals surface area contributed by atoms with Crippen LogP contribution < -0.4 is 0 Å². The Labute approximate surface area is 150 Å². The summed E-state index contributed by atoms with van der Waals surface area (Å²) in [6.45, 7) is 8.68. The van der Waals surface area contributed by atoms with E-state index in [2.05, 4.69) is 18.2 Å². The molecular weight excluding hydrogens is 310 g/mol. The van der Waals surface area contributed by atoms with Crippen LogP contribution in [-0.4, -0.2) is 23.1 Å². The van der Waals surface area contributed by atoms with E-state index in [-0.39, 0.29) is 6.09 Å². The van der Waals surface area contributed by atoms with Gasteiger partial charge in [-0.05, 0) is 44.4 Å². The molecule has 0 aromatic heterocycles. The van der Waals surface area contributed by atoms with Crippen LogP contribution in [0.5, 0.6) is 0 Å². The summed E-state index contributed by atoms with van der Waals surface area (Å²) >= 11 is 0. The van der Waals surface area contributed by atoms with Crippen molar-refractivity contribution in [3.8, 4) is 0 Å². The number of carbonyl (C=O) groups excluding carboxylic acids is 1. The number of hydrogen-bond donors (Lipinski definition) is 0. The van der Waals surface area contributed by atoms with Gasteiger partial charge in [-0.3, -0.25) is 4.90 Å². The largest absolute Gasteiger partial charge is 0.444 e. The average Bonchev–Trinajstić information content (AvgIpc) is 2.58. The molecule has 0 aliphatic rings.